The summed E-state index contributed by atoms with van der Waals surface area (Å²) in [4.78, 5) is 22.1. The number of nitrogens with zero attached hydrogens (tertiary/aromatic N) is 2. The molecule has 1 aliphatic carbocycles. The van der Waals surface area contributed by atoms with E-state index in [1.165, 1.54) is 0 Å². The topological polar surface area (TPSA) is 54.9 Å². The molecule has 4 heteroatoms. The maximum atomic E-state index is 13.0. The van der Waals surface area contributed by atoms with Gasteiger partial charge >= 0.3 is 0 Å². The Balaban J connectivity index is 1.74. The second-order valence-corrected chi connectivity index (χ2v) is 6.23. The smallest absolute Gasteiger partial charge is 0.252 e. The van der Waals surface area contributed by atoms with Gasteiger partial charge in [-0.2, -0.15) is 0 Å². The summed E-state index contributed by atoms with van der Waals surface area (Å²) in [6.45, 7) is 1.96. The highest BCUT2D eigenvalue weighted by molar-refractivity contribution is 6.08. The molecule has 1 amide bonds. The van der Waals surface area contributed by atoms with Gasteiger partial charge in [0.15, 0.2) is 0 Å². The number of amides is 1. The van der Waals surface area contributed by atoms with Crippen LogP contribution in [0.2, 0.25) is 0 Å². The molecule has 2 heterocycles. The van der Waals surface area contributed by atoms with Crippen LogP contribution in [-0.4, -0.2) is 15.9 Å². The summed E-state index contributed by atoms with van der Waals surface area (Å²) in [5.41, 5.74) is 4.73. The van der Waals surface area contributed by atoms with E-state index in [1.807, 2.05) is 49.4 Å². The van der Waals surface area contributed by atoms with Crippen LogP contribution < -0.4 is 5.32 Å². The number of nitrogens with one attached hydrogen (secondary N) is 1. The molecular weight excluding hydrogens is 298 g/mol. The maximum absolute atomic E-state index is 13.0. The Morgan fingerprint density at radius 3 is 2.79 bits per heavy atom. The molecule has 0 radical (unpaired) electrons. The summed E-state index contributed by atoms with van der Waals surface area (Å²) in [5, 5.41) is 4.04. The van der Waals surface area contributed by atoms with Crippen molar-refractivity contribution in [1.29, 1.82) is 0 Å². The molecule has 4 rings (SSSR count). The molecule has 0 fully saturated rings. The van der Waals surface area contributed by atoms with Gasteiger partial charge in [-0.05, 0) is 49.9 Å². The number of rotatable bonds is 3. The second kappa shape index (κ2) is 6.04. The third kappa shape index (κ3) is 2.54. The lowest BCUT2D eigenvalue weighted by molar-refractivity contribution is 0.0940. The van der Waals surface area contributed by atoms with E-state index in [-0.39, 0.29) is 11.9 Å². The van der Waals surface area contributed by atoms with Crippen molar-refractivity contribution in [2.45, 2.75) is 32.2 Å². The van der Waals surface area contributed by atoms with Crippen molar-refractivity contribution in [3.63, 3.8) is 0 Å². The largest absolute Gasteiger partial charge is 0.344 e. The fraction of sp³-hybridized carbons (Fsp3) is 0.250. The SMILES string of the molecule is CC(NC(=O)c1c2c(nc3ccccc13)CCC2)c1ccccn1. The van der Waals surface area contributed by atoms with E-state index in [1.54, 1.807) is 6.20 Å². The quantitative estimate of drug-likeness (QED) is 0.803. The monoisotopic (exact) mass is 317 g/mol. The number of para-hydroxylation sites is 1. The fourth-order valence-corrected chi connectivity index (χ4v) is 3.45. The molecular formula is C20H19N3O. The number of hydrogen-bond donors (Lipinski definition) is 1. The zero-order chi connectivity index (χ0) is 16.5. The van der Waals surface area contributed by atoms with Gasteiger partial charge in [-0.1, -0.05) is 24.3 Å². The molecule has 24 heavy (non-hydrogen) atoms. The summed E-state index contributed by atoms with van der Waals surface area (Å²) in [5.74, 6) is -0.0371. The van der Waals surface area contributed by atoms with Crippen LogP contribution in [0, 0.1) is 0 Å². The highest BCUT2D eigenvalue weighted by atomic mass is 16.1. The van der Waals surface area contributed by atoms with Gasteiger partial charge in [0.1, 0.15) is 0 Å². The third-order valence-corrected chi connectivity index (χ3v) is 4.63. The van der Waals surface area contributed by atoms with Crippen molar-refractivity contribution >= 4 is 16.8 Å². The van der Waals surface area contributed by atoms with Crippen molar-refractivity contribution in [2.75, 3.05) is 0 Å². The predicted molar refractivity (Wildman–Crippen MR) is 93.9 cm³/mol. The molecule has 3 aromatic rings. The number of aromatic nitrogens is 2. The Bertz CT molecular complexity index is 905. The minimum Gasteiger partial charge on any atom is -0.344 e. The van der Waals surface area contributed by atoms with Gasteiger partial charge in [0, 0.05) is 17.3 Å². The molecule has 0 spiro atoms. The highest BCUT2D eigenvalue weighted by Gasteiger charge is 2.24. The molecule has 1 atom stereocenters. The Hall–Kier alpha value is -2.75. The highest BCUT2D eigenvalue weighted by Crippen LogP contribution is 2.30. The molecule has 1 aromatic carbocycles. The molecule has 0 aliphatic heterocycles. The zero-order valence-electron chi connectivity index (χ0n) is 13.6. The van der Waals surface area contributed by atoms with Crippen molar-refractivity contribution in [3.05, 3.63) is 71.2 Å². The summed E-state index contributed by atoms with van der Waals surface area (Å²) < 4.78 is 0. The van der Waals surface area contributed by atoms with Crippen molar-refractivity contribution in [3.8, 4) is 0 Å². The van der Waals surface area contributed by atoms with Gasteiger partial charge < -0.3 is 5.32 Å². The van der Waals surface area contributed by atoms with Crippen LogP contribution in [0.1, 0.15) is 46.7 Å². The Morgan fingerprint density at radius 1 is 1.12 bits per heavy atom. The van der Waals surface area contributed by atoms with Crippen LogP contribution in [0.25, 0.3) is 10.9 Å². The lowest BCUT2D eigenvalue weighted by Crippen LogP contribution is -2.28. The van der Waals surface area contributed by atoms with Crippen LogP contribution in [0.4, 0.5) is 0 Å². The first kappa shape index (κ1) is 14.8. The van der Waals surface area contributed by atoms with Crippen LogP contribution in [0.15, 0.2) is 48.7 Å². The Morgan fingerprint density at radius 2 is 1.96 bits per heavy atom. The average Bonchev–Trinajstić information content (AvgIpc) is 3.08. The molecule has 120 valence electrons. The number of hydrogen-bond acceptors (Lipinski definition) is 3. The van der Waals surface area contributed by atoms with E-state index in [0.717, 1.165) is 52.7 Å². The minimum absolute atomic E-state index is 0.0371. The molecule has 0 saturated carbocycles. The van der Waals surface area contributed by atoms with Gasteiger partial charge in [0.25, 0.3) is 5.91 Å². The first-order chi connectivity index (χ1) is 11.7. The molecule has 0 bridgehead atoms. The summed E-state index contributed by atoms with van der Waals surface area (Å²) in [7, 11) is 0. The predicted octanol–water partition coefficient (Wildman–Crippen LogP) is 3.61. The maximum Gasteiger partial charge on any atom is 0.252 e. The van der Waals surface area contributed by atoms with Crippen molar-refractivity contribution in [2.24, 2.45) is 0 Å². The molecule has 1 N–H and O–H groups in total. The first-order valence-corrected chi connectivity index (χ1v) is 8.36. The van der Waals surface area contributed by atoms with Crippen molar-refractivity contribution in [1.82, 2.24) is 15.3 Å². The number of aryl methyl sites for hydroxylation is 1. The van der Waals surface area contributed by atoms with Gasteiger partial charge in [0.2, 0.25) is 0 Å². The molecule has 4 nitrogen and oxygen atoms in total. The summed E-state index contributed by atoms with van der Waals surface area (Å²) >= 11 is 0. The van der Waals surface area contributed by atoms with E-state index in [2.05, 4.69) is 10.3 Å². The lowest BCUT2D eigenvalue weighted by atomic mass is 10.00. The summed E-state index contributed by atoms with van der Waals surface area (Å²) in [6.07, 6.45) is 4.69. The van der Waals surface area contributed by atoms with Gasteiger partial charge in [-0.25, -0.2) is 0 Å². The zero-order valence-corrected chi connectivity index (χ0v) is 13.6. The first-order valence-electron chi connectivity index (χ1n) is 8.36. The van der Waals surface area contributed by atoms with Crippen LogP contribution in [-0.2, 0) is 12.8 Å². The number of pyridine rings is 2. The van der Waals surface area contributed by atoms with Crippen LogP contribution in [0.5, 0.6) is 0 Å². The standard InChI is InChI=1S/C20H19N3O/c1-13(16-9-4-5-12-21-16)22-20(24)19-14-7-2-3-10-17(14)23-18-11-6-8-15(18)19/h2-5,7,9-10,12-13H,6,8,11H2,1H3,(H,22,24). The number of fused-ring (bicyclic) bond motifs is 2. The number of carbonyl (C=O) groups excluding carboxylic acids is 1. The van der Waals surface area contributed by atoms with E-state index >= 15 is 0 Å². The fourth-order valence-electron chi connectivity index (χ4n) is 3.45. The van der Waals surface area contributed by atoms with Crippen molar-refractivity contribution < 1.29 is 4.79 Å². The molecule has 1 aliphatic rings. The van der Waals surface area contributed by atoms with Gasteiger partial charge in [0.05, 0.1) is 22.8 Å². The van der Waals surface area contributed by atoms with E-state index < -0.39 is 0 Å². The second-order valence-electron chi connectivity index (χ2n) is 6.23. The Kier molecular flexibility index (Phi) is 3.73. The average molecular weight is 317 g/mol. The molecule has 0 saturated heterocycles. The number of carbonyl (C=O) groups is 1. The third-order valence-electron chi connectivity index (χ3n) is 4.63. The van der Waals surface area contributed by atoms with Gasteiger partial charge in [-0.3, -0.25) is 14.8 Å². The molecule has 1 unspecified atom stereocenters. The summed E-state index contributed by atoms with van der Waals surface area (Å²) in [6, 6.07) is 13.5. The van der Waals surface area contributed by atoms with Gasteiger partial charge in [-0.15, -0.1) is 0 Å². The van der Waals surface area contributed by atoms with E-state index in [9.17, 15) is 4.79 Å². The Labute approximate surface area is 141 Å². The number of benzene rings is 1. The van der Waals surface area contributed by atoms with E-state index in [0.29, 0.717) is 0 Å². The normalized spacial score (nSPS) is 14.4. The van der Waals surface area contributed by atoms with E-state index in [4.69, 9.17) is 4.98 Å². The van der Waals surface area contributed by atoms with Crippen LogP contribution >= 0.6 is 0 Å². The van der Waals surface area contributed by atoms with Crippen LogP contribution in [0.3, 0.4) is 0 Å². The minimum atomic E-state index is -0.136. The molecule has 2 aromatic heterocycles. The lowest BCUT2D eigenvalue weighted by Gasteiger charge is -2.16.